The Morgan fingerprint density at radius 1 is 1.07 bits per heavy atom. The summed E-state index contributed by atoms with van der Waals surface area (Å²) in [6.45, 7) is 2.12. The van der Waals surface area contributed by atoms with Gasteiger partial charge in [-0.05, 0) is 12.8 Å². The van der Waals surface area contributed by atoms with Crippen LogP contribution in [0.2, 0.25) is 0 Å². The van der Waals surface area contributed by atoms with Crippen LogP contribution in [-0.2, 0) is 15.1 Å². The van der Waals surface area contributed by atoms with Crippen molar-refractivity contribution < 1.29 is 18.3 Å². The number of carboxylic acids is 1. The van der Waals surface area contributed by atoms with Gasteiger partial charge in [-0.15, -0.1) is 0 Å². The molecule has 0 saturated carbocycles. The van der Waals surface area contributed by atoms with E-state index in [0.717, 1.165) is 25.7 Å². The molecule has 0 saturated heterocycles. The largest absolute Gasteiger partial charge is 0.477 e. The maximum absolute atomic E-state index is 10.5. The van der Waals surface area contributed by atoms with Gasteiger partial charge in [0, 0.05) is 0 Å². The second kappa shape index (κ2) is 8.47. The van der Waals surface area contributed by atoms with Crippen LogP contribution in [0.3, 0.4) is 0 Å². The lowest BCUT2D eigenvalue weighted by atomic mass is 10.1. The molecule has 0 radical (unpaired) electrons. The molecule has 0 fully saturated rings. The first-order chi connectivity index (χ1) is 7.09. The van der Waals surface area contributed by atoms with Gasteiger partial charge in [0.25, 0.3) is 0 Å². The summed E-state index contributed by atoms with van der Waals surface area (Å²) in [6, 6.07) is 0. The fraction of sp³-hybridized carbons (Fsp3) is 0.800. The van der Waals surface area contributed by atoms with Gasteiger partial charge in [0.1, 0.15) is 0 Å². The fourth-order valence-electron chi connectivity index (χ4n) is 1.33. The summed E-state index contributed by atoms with van der Waals surface area (Å²) in [6.07, 6.45) is 6.22. The highest BCUT2D eigenvalue weighted by Crippen LogP contribution is 2.07. The number of rotatable bonds is 8. The average Bonchev–Trinajstić information content (AvgIpc) is 2.15. The lowest BCUT2D eigenvalue weighted by Crippen LogP contribution is -2.13. The average molecular weight is 234 g/mol. The van der Waals surface area contributed by atoms with E-state index in [1.54, 1.807) is 0 Å². The van der Waals surface area contributed by atoms with Crippen molar-refractivity contribution >= 4 is 21.1 Å². The molecular weight excluding hydrogens is 216 g/mol. The molecule has 0 heterocycles. The predicted molar refractivity (Wildman–Crippen MR) is 59.6 cm³/mol. The van der Waals surface area contributed by atoms with E-state index in [-0.39, 0.29) is 6.42 Å². The standard InChI is InChI=1S/C10H18O4S/c1-2-3-4-5-6-7-8-9(10(11)12)15(13)14/h2-8H2,1H3,(H,11,12). The van der Waals surface area contributed by atoms with Crippen molar-refractivity contribution in [3.05, 3.63) is 0 Å². The third kappa shape index (κ3) is 7.13. The van der Waals surface area contributed by atoms with Gasteiger partial charge in [-0.3, -0.25) is 0 Å². The van der Waals surface area contributed by atoms with Gasteiger partial charge in [-0.2, -0.15) is 8.42 Å². The Bertz CT molecular complexity index is 308. The molecule has 0 unspecified atom stereocenters. The number of carboxylic acid groups (broad SMARTS) is 1. The van der Waals surface area contributed by atoms with Crippen LogP contribution in [-0.4, -0.2) is 24.4 Å². The Balaban J connectivity index is 3.76. The van der Waals surface area contributed by atoms with E-state index in [1.165, 1.54) is 6.42 Å². The van der Waals surface area contributed by atoms with Crippen LogP contribution in [0.1, 0.15) is 51.9 Å². The normalized spacial score (nSPS) is 9.93. The van der Waals surface area contributed by atoms with Gasteiger partial charge in [0.15, 0.2) is 4.86 Å². The van der Waals surface area contributed by atoms with Crippen LogP contribution in [0, 0.1) is 0 Å². The third-order valence-corrected chi connectivity index (χ3v) is 2.98. The summed E-state index contributed by atoms with van der Waals surface area (Å²) in [4.78, 5) is 10.1. The second-order valence-corrected chi connectivity index (χ2v) is 4.44. The number of hydrogen-bond donors (Lipinski definition) is 1. The number of carbonyl (C=O) groups is 1. The van der Waals surface area contributed by atoms with Crippen LogP contribution in [0.25, 0.3) is 0 Å². The summed E-state index contributed by atoms with van der Waals surface area (Å²) in [5.41, 5.74) is 0. The topological polar surface area (TPSA) is 71.4 Å². The molecule has 88 valence electrons. The maximum atomic E-state index is 10.5. The zero-order valence-corrected chi connectivity index (χ0v) is 9.85. The van der Waals surface area contributed by atoms with Crippen molar-refractivity contribution in [1.29, 1.82) is 0 Å². The third-order valence-electron chi connectivity index (χ3n) is 2.20. The number of aliphatic carboxylic acids is 1. The van der Waals surface area contributed by atoms with Crippen molar-refractivity contribution in [1.82, 2.24) is 0 Å². The van der Waals surface area contributed by atoms with Gasteiger partial charge in [0.05, 0.1) is 0 Å². The number of unbranched alkanes of at least 4 members (excludes halogenated alkanes) is 5. The molecule has 1 N–H and O–H groups in total. The van der Waals surface area contributed by atoms with Gasteiger partial charge in [0.2, 0.25) is 10.3 Å². The lowest BCUT2D eigenvalue weighted by molar-refractivity contribution is -0.129. The second-order valence-electron chi connectivity index (χ2n) is 3.48. The Hall–Kier alpha value is -0.840. The molecule has 4 nitrogen and oxygen atoms in total. The highest BCUT2D eigenvalue weighted by atomic mass is 32.2. The molecule has 0 aromatic carbocycles. The zero-order valence-electron chi connectivity index (χ0n) is 9.03. The van der Waals surface area contributed by atoms with Crippen LogP contribution in [0.15, 0.2) is 0 Å². The van der Waals surface area contributed by atoms with E-state index in [4.69, 9.17) is 5.11 Å². The van der Waals surface area contributed by atoms with Crippen LogP contribution in [0.4, 0.5) is 0 Å². The zero-order chi connectivity index (χ0) is 11.7. The van der Waals surface area contributed by atoms with Crippen molar-refractivity contribution in [2.45, 2.75) is 51.9 Å². The van der Waals surface area contributed by atoms with Crippen molar-refractivity contribution in [2.75, 3.05) is 0 Å². The van der Waals surface area contributed by atoms with Crippen molar-refractivity contribution in [2.24, 2.45) is 0 Å². The molecule has 0 rings (SSSR count). The maximum Gasteiger partial charge on any atom is 0.347 e. The van der Waals surface area contributed by atoms with Gasteiger partial charge in [-0.1, -0.05) is 39.0 Å². The van der Waals surface area contributed by atoms with E-state index in [0.29, 0.717) is 6.42 Å². The molecule has 0 bridgehead atoms. The van der Waals surface area contributed by atoms with E-state index in [1.807, 2.05) is 0 Å². The smallest absolute Gasteiger partial charge is 0.347 e. The molecule has 0 aliphatic rings. The summed E-state index contributed by atoms with van der Waals surface area (Å²) >= 11 is 0. The summed E-state index contributed by atoms with van der Waals surface area (Å²) in [5.74, 6) is -1.32. The Kier molecular flexibility index (Phi) is 7.99. The van der Waals surface area contributed by atoms with Gasteiger partial charge in [-0.25, -0.2) is 4.79 Å². The van der Waals surface area contributed by atoms with Crippen LogP contribution in [0.5, 0.6) is 0 Å². The summed E-state index contributed by atoms with van der Waals surface area (Å²) in [5, 5.41) is 8.55. The van der Waals surface area contributed by atoms with Crippen molar-refractivity contribution in [3.63, 3.8) is 0 Å². The number of hydrogen-bond acceptors (Lipinski definition) is 3. The Labute approximate surface area is 91.8 Å². The van der Waals surface area contributed by atoms with E-state index < -0.39 is 21.1 Å². The Morgan fingerprint density at radius 3 is 2.07 bits per heavy atom. The highest BCUT2D eigenvalue weighted by Gasteiger charge is 2.10. The molecule has 0 atom stereocenters. The molecule has 0 amide bonds. The predicted octanol–water partition coefficient (Wildman–Crippen LogP) is 1.87. The first kappa shape index (κ1) is 14.2. The molecule has 0 aliphatic heterocycles. The Morgan fingerprint density at radius 2 is 1.60 bits per heavy atom. The van der Waals surface area contributed by atoms with Crippen molar-refractivity contribution in [3.8, 4) is 0 Å². The SMILES string of the molecule is CCCCCCCCC(C(=O)O)=S(=O)=O. The minimum absolute atomic E-state index is 0.150. The van der Waals surface area contributed by atoms with E-state index in [2.05, 4.69) is 6.92 Å². The van der Waals surface area contributed by atoms with Crippen LogP contribution < -0.4 is 0 Å². The van der Waals surface area contributed by atoms with Gasteiger partial charge >= 0.3 is 5.97 Å². The first-order valence-corrected chi connectivity index (χ1v) is 6.35. The fourth-order valence-corrected chi connectivity index (χ4v) is 1.78. The highest BCUT2D eigenvalue weighted by molar-refractivity contribution is 7.74. The monoisotopic (exact) mass is 234 g/mol. The summed E-state index contributed by atoms with van der Waals surface area (Å²) < 4.78 is 21.0. The molecule has 0 aromatic rings. The minimum Gasteiger partial charge on any atom is -0.477 e. The van der Waals surface area contributed by atoms with E-state index in [9.17, 15) is 13.2 Å². The lowest BCUT2D eigenvalue weighted by Gasteiger charge is -1.99. The minimum atomic E-state index is -2.58. The summed E-state index contributed by atoms with van der Waals surface area (Å²) in [7, 11) is -2.58. The molecule has 15 heavy (non-hydrogen) atoms. The van der Waals surface area contributed by atoms with Crippen LogP contribution >= 0.6 is 0 Å². The van der Waals surface area contributed by atoms with E-state index >= 15 is 0 Å². The molecular formula is C10H18O4S. The molecule has 0 aliphatic carbocycles. The van der Waals surface area contributed by atoms with Gasteiger partial charge < -0.3 is 5.11 Å². The first-order valence-electron chi connectivity index (χ1n) is 5.28. The quantitative estimate of drug-likeness (QED) is 0.514. The molecule has 0 aromatic heterocycles. The molecule has 0 spiro atoms. The molecule has 5 heteroatoms.